The number of aromatic amines is 1. The number of hydrogen-bond acceptors (Lipinski definition) is 6. The number of carbonyl (C=O) groups excluding carboxylic acids is 1. The smallest absolute Gasteiger partial charge is 0.270 e. The molecule has 2 aliphatic rings. The highest BCUT2D eigenvalue weighted by Gasteiger charge is 2.50. The number of pyridine rings is 2. The summed E-state index contributed by atoms with van der Waals surface area (Å²) in [7, 11) is 1.87. The van der Waals surface area contributed by atoms with Crippen molar-refractivity contribution in [1.82, 2.24) is 35.3 Å². The first-order valence-electron chi connectivity index (χ1n) is 11.8. The van der Waals surface area contributed by atoms with Crippen LogP contribution in [0.2, 0.25) is 0 Å². The van der Waals surface area contributed by atoms with Crippen molar-refractivity contribution in [3.05, 3.63) is 71.4 Å². The quantitative estimate of drug-likeness (QED) is 0.449. The van der Waals surface area contributed by atoms with E-state index in [0.29, 0.717) is 23.2 Å². The molecule has 9 heteroatoms. The summed E-state index contributed by atoms with van der Waals surface area (Å²) in [6.07, 6.45) is 8.10. The van der Waals surface area contributed by atoms with E-state index in [1.807, 2.05) is 50.6 Å². The second kappa shape index (κ2) is 8.42. The van der Waals surface area contributed by atoms with Crippen molar-refractivity contribution in [2.24, 2.45) is 12.5 Å². The second-order valence-corrected chi connectivity index (χ2v) is 9.83. The van der Waals surface area contributed by atoms with Crippen molar-refractivity contribution < 1.29 is 9.53 Å². The normalized spacial score (nSPS) is 16.6. The third-order valence-electron chi connectivity index (χ3n) is 6.94. The molecule has 4 aromatic rings. The molecule has 1 saturated carbocycles. The first-order valence-corrected chi connectivity index (χ1v) is 11.8. The van der Waals surface area contributed by atoms with Gasteiger partial charge < -0.3 is 10.1 Å². The molecule has 1 saturated heterocycles. The number of nitrogens with zero attached hydrogens (tertiary/aromatic N) is 5. The number of aryl methyl sites for hydroxylation is 2. The average molecular weight is 470 g/mol. The van der Waals surface area contributed by atoms with E-state index in [9.17, 15) is 4.79 Å². The summed E-state index contributed by atoms with van der Waals surface area (Å²) < 4.78 is 7.08. The highest BCUT2D eigenvalue weighted by atomic mass is 16.5. The summed E-state index contributed by atoms with van der Waals surface area (Å²) in [5.41, 5.74) is 7.00. The Balaban J connectivity index is 1.24. The topological polar surface area (TPSA) is 111 Å². The van der Waals surface area contributed by atoms with E-state index in [-0.39, 0.29) is 11.9 Å². The van der Waals surface area contributed by atoms with Crippen LogP contribution in [0.15, 0.2) is 48.9 Å². The molecule has 2 fully saturated rings. The van der Waals surface area contributed by atoms with E-state index in [1.54, 1.807) is 10.9 Å². The SMILES string of the molecule is Cc1[nH]ncc1-c1ccc(Cc2cc(C(=O)NC3CC4(COC4)C3)nc(-c3ccn(C)n3)c2)cn1. The number of ether oxygens (including phenoxy) is 1. The molecule has 178 valence electrons. The Labute approximate surface area is 203 Å². The van der Waals surface area contributed by atoms with Gasteiger partial charge in [-0.2, -0.15) is 10.2 Å². The monoisotopic (exact) mass is 469 g/mol. The van der Waals surface area contributed by atoms with Crippen LogP contribution in [-0.2, 0) is 18.2 Å². The van der Waals surface area contributed by atoms with Gasteiger partial charge in [0.05, 0.1) is 30.8 Å². The molecular weight excluding hydrogens is 442 g/mol. The van der Waals surface area contributed by atoms with Crippen molar-refractivity contribution in [3.63, 3.8) is 0 Å². The fourth-order valence-corrected chi connectivity index (χ4v) is 4.99. The Kier molecular flexibility index (Phi) is 5.21. The molecule has 0 radical (unpaired) electrons. The third-order valence-corrected chi connectivity index (χ3v) is 6.94. The van der Waals surface area contributed by atoms with Crippen molar-refractivity contribution in [2.75, 3.05) is 13.2 Å². The predicted octanol–water partition coefficient (Wildman–Crippen LogP) is 3.08. The van der Waals surface area contributed by atoms with E-state index in [2.05, 4.69) is 36.6 Å². The minimum atomic E-state index is -0.145. The van der Waals surface area contributed by atoms with E-state index in [4.69, 9.17) is 4.74 Å². The lowest BCUT2D eigenvalue weighted by Crippen LogP contribution is -2.59. The maximum absolute atomic E-state index is 13.1. The molecule has 0 unspecified atom stereocenters. The number of nitrogens with one attached hydrogen (secondary N) is 2. The summed E-state index contributed by atoms with van der Waals surface area (Å²) in [5.74, 6) is -0.145. The zero-order valence-electron chi connectivity index (χ0n) is 19.8. The lowest BCUT2D eigenvalue weighted by molar-refractivity contribution is -0.165. The van der Waals surface area contributed by atoms with Gasteiger partial charge in [-0.15, -0.1) is 0 Å². The average Bonchev–Trinajstić information content (AvgIpc) is 3.43. The van der Waals surface area contributed by atoms with Crippen LogP contribution in [0.4, 0.5) is 0 Å². The Morgan fingerprint density at radius 3 is 2.63 bits per heavy atom. The minimum absolute atomic E-state index is 0.145. The number of carbonyl (C=O) groups is 1. The summed E-state index contributed by atoms with van der Waals surface area (Å²) in [5, 5.41) is 14.7. The molecular formula is C26H27N7O2. The van der Waals surface area contributed by atoms with E-state index in [0.717, 1.165) is 59.8 Å². The fourth-order valence-electron chi connectivity index (χ4n) is 4.99. The molecule has 1 aliphatic carbocycles. The molecule has 35 heavy (non-hydrogen) atoms. The highest BCUT2D eigenvalue weighted by Crippen LogP contribution is 2.46. The molecule has 2 N–H and O–H groups in total. The Morgan fingerprint density at radius 1 is 1.14 bits per heavy atom. The van der Waals surface area contributed by atoms with Crippen LogP contribution >= 0.6 is 0 Å². The zero-order chi connectivity index (χ0) is 24.0. The van der Waals surface area contributed by atoms with Gasteiger partial charge in [0, 0.05) is 42.2 Å². The van der Waals surface area contributed by atoms with Crippen LogP contribution in [0.5, 0.6) is 0 Å². The van der Waals surface area contributed by atoms with Crippen molar-refractivity contribution >= 4 is 5.91 Å². The molecule has 4 aromatic heterocycles. The fraction of sp³-hybridized carbons (Fsp3) is 0.346. The lowest BCUT2D eigenvalue weighted by Gasteiger charge is -2.53. The van der Waals surface area contributed by atoms with E-state index < -0.39 is 0 Å². The van der Waals surface area contributed by atoms with Crippen molar-refractivity contribution in [1.29, 1.82) is 0 Å². The Bertz CT molecular complexity index is 1380. The first-order chi connectivity index (χ1) is 17.0. The highest BCUT2D eigenvalue weighted by molar-refractivity contribution is 5.93. The van der Waals surface area contributed by atoms with Crippen molar-refractivity contribution in [3.8, 4) is 22.6 Å². The van der Waals surface area contributed by atoms with Crippen molar-refractivity contribution in [2.45, 2.75) is 32.2 Å². The van der Waals surface area contributed by atoms with Crippen LogP contribution in [-0.4, -0.2) is 55.1 Å². The predicted molar refractivity (Wildman–Crippen MR) is 130 cm³/mol. The van der Waals surface area contributed by atoms with Crippen LogP contribution in [0, 0.1) is 12.3 Å². The third kappa shape index (κ3) is 4.23. The molecule has 0 aromatic carbocycles. The van der Waals surface area contributed by atoms with Crippen LogP contribution in [0.25, 0.3) is 22.6 Å². The molecule has 1 aliphatic heterocycles. The number of H-pyrrole nitrogens is 1. The van der Waals surface area contributed by atoms with Gasteiger partial charge in [-0.1, -0.05) is 6.07 Å². The lowest BCUT2D eigenvalue weighted by atomic mass is 9.64. The van der Waals surface area contributed by atoms with Crippen LogP contribution in [0.1, 0.15) is 40.2 Å². The number of rotatable bonds is 6. The molecule has 1 amide bonds. The Morgan fingerprint density at radius 2 is 2.00 bits per heavy atom. The molecule has 0 atom stereocenters. The van der Waals surface area contributed by atoms with E-state index >= 15 is 0 Å². The maximum atomic E-state index is 13.1. The van der Waals surface area contributed by atoms with Crippen LogP contribution < -0.4 is 5.32 Å². The molecule has 6 rings (SSSR count). The second-order valence-electron chi connectivity index (χ2n) is 9.83. The summed E-state index contributed by atoms with van der Waals surface area (Å²) in [6.45, 7) is 3.60. The standard InChI is InChI=1S/C26H27N7O2/c1-16-20(13-28-31-16)21-4-3-17(12-27-21)7-18-8-23(22-5-6-33(2)32-22)30-24(9-18)25(34)29-19-10-26(11-19)14-35-15-26/h3-6,8-9,12-13,19H,7,10-11,14-15H2,1-2H3,(H,28,31)(H,29,34). The number of hydrogen-bond donors (Lipinski definition) is 2. The molecule has 1 spiro atoms. The van der Waals surface area contributed by atoms with Gasteiger partial charge in [-0.25, -0.2) is 4.98 Å². The number of amides is 1. The van der Waals surface area contributed by atoms with Gasteiger partial charge in [0.1, 0.15) is 11.4 Å². The van der Waals surface area contributed by atoms with Gasteiger partial charge in [0.25, 0.3) is 5.91 Å². The maximum Gasteiger partial charge on any atom is 0.270 e. The van der Waals surface area contributed by atoms with Gasteiger partial charge >= 0.3 is 0 Å². The van der Waals surface area contributed by atoms with Gasteiger partial charge in [-0.3, -0.25) is 19.6 Å². The van der Waals surface area contributed by atoms with Gasteiger partial charge in [0.2, 0.25) is 0 Å². The first kappa shape index (κ1) is 21.7. The molecule has 9 nitrogen and oxygen atoms in total. The van der Waals surface area contributed by atoms with Crippen LogP contribution in [0.3, 0.4) is 0 Å². The summed E-state index contributed by atoms with van der Waals surface area (Å²) in [4.78, 5) is 22.4. The summed E-state index contributed by atoms with van der Waals surface area (Å²) >= 11 is 0. The largest absolute Gasteiger partial charge is 0.380 e. The zero-order valence-corrected chi connectivity index (χ0v) is 19.8. The van der Waals surface area contributed by atoms with Gasteiger partial charge in [-0.05, 0) is 61.6 Å². The Hall–Kier alpha value is -3.85. The van der Waals surface area contributed by atoms with Gasteiger partial charge in [0.15, 0.2) is 0 Å². The van der Waals surface area contributed by atoms with E-state index in [1.165, 1.54) is 0 Å². The number of aromatic nitrogens is 6. The molecule has 5 heterocycles. The molecule has 0 bridgehead atoms. The minimum Gasteiger partial charge on any atom is -0.380 e. The summed E-state index contributed by atoms with van der Waals surface area (Å²) in [6, 6.07) is 10.0.